The van der Waals surface area contributed by atoms with Gasteiger partial charge in [0.25, 0.3) is 0 Å². The molecule has 0 saturated carbocycles. The van der Waals surface area contributed by atoms with E-state index in [1.165, 1.54) is 0 Å². The van der Waals surface area contributed by atoms with Crippen LogP contribution in [0, 0.1) is 5.92 Å². The first kappa shape index (κ1) is 16.0. The van der Waals surface area contributed by atoms with Crippen LogP contribution in [-0.2, 0) is 9.59 Å². The summed E-state index contributed by atoms with van der Waals surface area (Å²) in [4.78, 5) is 26.6. The number of hydrogen-bond acceptors (Lipinski definition) is 3. The molecule has 2 amide bonds. The van der Waals surface area contributed by atoms with Crippen molar-refractivity contribution in [1.29, 1.82) is 0 Å². The van der Waals surface area contributed by atoms with Crippen molar-refractivity contribution in [3.63, 3.8) is 0 Å². The Morgan fingerprint density at radius 2 is 1.96 bits per heavy atom. The van der Waals surface area contributed by atoms with E-state index in [4.69, 9.17) is 0 Å². The first-order valence-electron chi connectivity index (χ1n) is 8.50. The van der Waals surface area contributed by atoms with E-state index in [-0.39, 0.29) is 29.8 Å². The SMILES string of the molecule is CC(c1ccccc1)N1CC(C(=O)NC2CCNCC2)CC1=O. The van der Waals surface area contributed by atoms with Crippen LogP contribution in [0.3, 0.4) is 0 Å². The zero-order valence-electron chi connectivity index (χ0n) is 13.6. The monoisotopic (exact) mass is 315 g/mol. The Morgan fingerprint density at radius 1 is 1.26 bits per heavy atom. The van der Waals surface area contributed by atoms with Crippen LogP contribution in [0.15, 0.2) is 30.3 Å². The van der Waals surface area contributed by atoms with Gasteiger partial charge in [-0.2, -0.15) is 0 Å². The van der Waals surface area contributed by atoms with Crippen LogP contribution in [-0.4, -0.2) is 42.4 Å². The lowest BCUT2D eigenvalue weighted by atomic mass is 10.0. The topological polar surface area (TPSA) is 61.4 Å². The minimum absolute atomic E-state index is 0.0142. The highest BCUT2D eigenvalue weighted by atomic mass is 16.2. The molecule has 2 N–H and O–H groups in total. The summed E-state index contributed by atoms with van der Waals surface area (Å²) < 4.78 is 0. The molecule has 2 unspecified atom stereocenters. The quantitative estimate of drug-likeness (QED) is 0.884. The summed E-state index contributed by atoms with van der Waals surface area (Å²) in [5.74, 6) is -0.108. The van der Waals surface area contributed by atoms with Gasteiger partial charge in [0, 0.05) is 19.0 Å². The normalized spacial score (nSPS) is 23.8. The molecule has 2 heterocycles. The lowest BCUT2D eigenvalue weighted by molar-refractivity contribution is -0.130. The summed E-state index contributed by atoms with van der Waals surface area (Å²) in [5, 5.41) is 6.41. The van der Waals surface area contributed by atoms with Crippen LogP contribution in [0.25, 0.3) is 0 Å². The van der Waals surface area contributed by atoms with Gasteiger partial charge in [0.1, 0.15) is 0 Å². The molecular weight excluding hydrogens is 290 g/mol. The Bertz CT molecular complexity index is 555. The van der Waals surface area contributed by atoms with Crippen molar-refractivity contribution in [1.82, 2.24) is 15.5 Å². The van der Waals surface area contributed by atoms with E-state index in [0.29, 0.717) is 13.0 Å². The maximum absolute atomic E-state index is 12.5. The van der Waals surface area contributed by atoms with Gasteiger partial charge in [-0.1, -0.05) is 30.3 Å². The standard InChI is InChI=1S/C18H25N3O2/c1-13(14-5-3-2-4-6-14)21-12-15(11-17(21)22)18(23)20-16-7-9-19-10-8-16/h2-6,13,15-16,19H,7-12H2,1H3,(H,20,23). The number of carbonyl (C=O) groups is 2. The first-order valence-corrected chi connectivity index (χ1v) is 8.50. The summed E-state index contributed by atoms with van der Waals surface area (Å²) in [5.41, 5.74) is 1.11. The maximum Gasteiger partial charge on any atom is 0.225 e. The number of likely N-dealkylation sites (tertiary alicyclic amines) is 1. The summed E-state index contributed by atoms with van der Waals surface area (Å²) in [6.07, 6.45) is 2.26. The number of hydrogen-bond donors (Lipinski definition) is 2. The predicted octanol–water partition coefficient (Wildman–Crippen LogP) is 1.46. The van der Waals surface area contributed by atoms with E-state index in [1.807, 2.05) is 42.2 Å². The van der Waals surface area contributed by atoms with Crippen LogP contribution in [0.1, 0.15) is 37.8 Å². The molecule has 5 heteroatoms. The summed E-state index contributed by atoms with van der Waals surface area (Å²) in [6.45, 7) is 4.45. The molecule has 3 rings (SSSR count). The molecular formula is C18H25N3O2. The highest BCUT2D eigenvalue weighted by Crippen LogP contribution is 2.28. The third kappa shape index (κ3) is 3.72. The van der Waals surface area contributed by atoms with Crippen molar-refractivity contribution in [3.05, 3.63) is 35.9 Å². The summed E-state index contributed by atoms with van der Waals surface area (Å²) >= 11 is 0. The second-order valence-electron chi connectivity index (χ2n) is 6.57. The van der Waals surface area contributed by atoms with Crippen LogP contribution in [0.4, 0.5) is 0 Å². The average molecular weight is 315 g/mol. The highest BCUT2D eigenvalue weighted by molar-refractivity contribution is 5.89. The molecule has 0 radical (unpaired) electrons. The van der Waals surface area contributed by atoms with Crippen LogP contribution in [0.5, 0.6) is 0 Å². The molecule has 1 aromatic rings. The summed E-state index contributed by atoms with van der Waals surface area (Å²) in [7, 11) is 0. The Balaban J connectivity index is 1.59. The molecule has 124 valence electrons. The fourth-order valence-corrected chi connectivity index (χ4v) is 3.48. The second-order valence-corrected chi connectivity index (χ2v) is 6.57. The van der Waals surface area contributed by atoms with E-state index in [1.54, 1.807) is 0 Å². The molecule has 1 aromatic carbocycles. The third-order valence-electron chi connectivity index (χ3n) is 4.96. The first-order chi connectivity index (χ1) is 11.1. The molecule has 23 heavy (non-hydrogen) atoms. The highest BCUT2D eigenvalue weighted by Gasteiger charge is 2.37. The minimum Gasteiger partial charge on any atom is -0.353 e. The van der Waals surface area contributed by atoms with E-state index in [2.05, 4.69) is 10.6 Å². The molecule has 2 aliphatic heterocycles. The summed E-state index contributed by atoms with van der Waals surface area (Å²) in [6, 6.07) is 10.2. The molecule has 0 spiro atoms. The van der Waals surface area contributed by atoms with E-state index < -0.39 is 0 Å². The van der Waals surface area contributed by atoms with Gasteiger partial charge < -0.3 is 15.5 Å². The molecule has 2 saturated heterocycles. The van der Waals surface area contributed by atoms with Gasteiger partial charge in [0.05, 0.1) is 12.0 Å². The lowest BCUT2D eigenvalue weighted by Crippen LogP contribution is -2.45. The number of piperidine rings is 1. The molecule has 2 aliphatic rings. The molecule has 0 bridgehead atoms. The fourth-order valence-electron chi connectivity index (χ4n) is 3.48. The van der Waals surface area contributed by atoms with Gasteiger partial charge in [-0.3, -0.25) is 9.59 Å². The van der Waals surface area contributed by atoms with Crippen molar-refractivity contribution >= 4 is 11.8 Å². The average Bonchev–Trinajstić information content (AvgIpc) is 2.98. The number of nitrogens with zero attached hydrogens (tertiary/aromatic N) is 1. The van der Waals surface area contributed by atoms with Crippen molar-refractivity contribution in [3.8, 4) is 0 Å². The Labute approximate surface area is 137 Å². The molecule has 2 fully saturated rings. The molecule has 2 atom stereocenters. The second kappa shape index (κ2) is 7.13. The van der Waals surface area contributed by atoms with E-state index in [9.17, 15) is 9.59 Å². The Kier molecular flexibility index (Phi) is 4.96. The van der Waals surface area contributed by atoms with Crippen LogP contribution in [0.2, 0.25) is 0 Å². The van der Waals surface area contributed by atoms with Crippen LogP contribution >= 0.6 is 0 Å². The molecule has 0 aliphatic carbocycles. The number of nitrogens with one attached hydrogen (secondary N) is 2. The van der Waals surface area contributed by atoms with Gasteiger partial charge in [-0.15, -0.1) is 0 Å². The third-order valence-corrected chi connectivity index (χ3v) is 4.96. The van der Waals surface area contributed by atoms with Gasteiger partial charge in [0.2, 0.25) is 11.8 Å². The maximum atomic E-state index is 12.5. The minimum atomic E-state index is -0.219. The Morgan fingerprint density at radius 3 is 2.65 bits per heavy atom. The smallest absolute Gasteiger partial charge is 0.225 e. The zero-order valence-corrected chi connectivity index (χ0v) is 13.6. The lowest BCUT2D eigenvalue weighted by Gasteiger charge is -2.26. The van der Waals surface area contributed by atoms with E-state index in [0.717, 1.165) is 31.5 Å². The van der Waals surface area contributed by atoms with E-state index >= 15 is 0 Å². The van der Waals surface area contributed by atoms with Crippen molar-refractivity contribution in [2.24, 2.45) is 5.92 Å². The van der Waals surface area contributed by atoms with Crippen LogP contribution < -0.4 is 10.6 Å². The van der Waals surface area contributed by atoms with Crippen molar-refractivity contribution < 1.29 is 9.59 Å². The van der Waals surface area contributed by atoms with Gasteiger partial charge in [-0.25, -0.2) is 0 Å². The number of rotatable bonds is 4. The zero-order chi connectivity index (χ0) is 16.2. The number of amides is 2. The fraction of sp³-hybridized carbons (Fsp3) is 0.556. The number of carbonyl (C=O) groups excluding carboxylic acids is 2. The van der Waals surface area contributed by atoms with Gasteiger partial charge >= 0.3 is 0 Å². The molecule has 5 nitrogen and oxygen atoms in total. The van der Waals surface area contributed by atoms with Gasteiger partial charge in [0.15, 0.2) is 0 Å². The van der Waals surface area contributed by atoms with Gasteiger partial charge in [-0.05, 0) is 38.4 Å². The van der Waals surface area contributed by atoms with Crippen molar-refractivity contribution in [2.45, 2.75) is 38.3 Å². The molecule has 0 aromatic heterocycles. The van der Waals surface area contributed by atoms with Crippen molar-refractivity contribution in [2.75, 3.05) is 19.6 Å². The largest absolute Gasteiger partial charge is 0.353 e. The predicted molar refractivity (Wildman–Crippen MR) is 88.7 cm³/mol. The Hall–Kier alpha value is -1.88. The number of benzene rings is 1.